The Morgan fingerprint density at radius 3 is 2.67 bits per heavy atom. The molecule has 0 aliphatic heterocycles. The minimum Gasteiger partial charge on any atom is -0.493 e. The van der Waals surface area contributed by atoms with E-state index in [4.69, 9.17) is 20.0 Å². The molecule has 0 N–H and O–H groups in total. The fourth-order valence-electron chi connectivity index (χ4n) is 1.35. The van der Waals surface area contributed by atoms with Crippen LogP contribution in [0.25, 0.3) is 6.08 Å². The third kappa shape index (κ3) is 3.13. The largest absolute Gasteiger partial charge is 0.493 e. The molecule has 0 saturated heterocycles. The number of nitrogens with zero attached hydrogens (tertiary/aromatic N) is 2. The maximum absolute atomic E-state index is 8.75. The Morgan fingerprint density at radius 1 is 1.39 bits per heavy atom. The van der Waals surface area contributed by atoms with Crippen LogP contribution in [0.1, 0.15) is 5.56 Å². The van der Waals surface area contributed by atoms with Crippen LogP contribution in [-0.2, 0) is 0 Å². The van der Waals surface area contributed by atoms with Gasteiger partial charge in [0.2, 0.25) is 0 Å². The molecular weight excluding hydrogens is 228 g/mol. The van der Waals surface area contributed by atoms with Gasteiger partial charge in [0.15, 0.2) is 11.5 Å². The molecule has 0 atom stereocenters. The van der Waals surface area contributed by atoms with Crippen LogP contribution < -0.4 is 9.47 Å². The van der Waals surface area contributed by atoms with Crippen LogP contribution in [0.2, 0.25) is 0 Å². The highest BCUT2D eigenvalue weighted by Gasteiger charge is 2.09. The summed E-state index contributed by atoms with van der Waals surface area (Å²) in [7, 11) is 1.53. The van der Waals surface area contributed by atoms with Gasteiger partial charge in [-0.05, 0) is 12.1 Å². The lowest BCUT2D eigenvalue weighted by atomic mass is 10.1. The zero-order chi connectivity index (χ0) is 13.4. The molecule has 0 radical (unpaired) electrons. The minimum atomic E-state index is 0.00621. The summed E-state index contributed by atoms with van der Waals surface area (Å²) in [6.45, 7) is 3.88. The van der Waals surface area contributed by atoms with Gasteiger partial charge in [0.05, 0.1) is 7.11 Å². The smallest absolute Gasteiger partial charge is 0.168 e. The lowest BCUT2D eigenvalue weighted by Gasteiger charge is -2.11. The maximum atomic E-state index is 8.75. The SMILES string of the molecule is C=CCOc1c(C=C(C#N)C#N)cccc1OC. The molecule has 0 aliphatic rings. The van der Waals surface area contributed by atoms with Crippen molar-refractivity contribution in [3.8, 4) is 23.6 Å². The molecule has 0 fully saturated rings. The van der Waals surface area contributed by atoms with Gasteiger partial charge in [0, 0.05) is 5.56 Å². The van der Waals surface area contributed by atoms with E-state index >= 15 is 0 Å². The van der Waals surface area contributed by atoms with Crippen molar-refractivity contribution in [2.24, 2.45) is 0 Å². The summed E-state index contributed by atoms with van der Waals surface area (Å²) in [4.78, 5) is 0. The number of rotatable bonds is 5. The third-order valence-electron chi connectivity index (χ3n) is 2.12. The number of para-hydroxylation sites is 1. The highest BCUT2D eigenvalue weighted by Crippen LogP contribution is 2.32. The van der Waals surface area contributed by atoms with E-state index in [0.717, 1.165) is 0 Å². The molecule has 18 heavy (non-hydrogen) atoms. The summed E-state index contributed by atoms with van der Waals surface area (Å²) >= 11 is 0. The van der Waals surface area contributed by atoms with Crippen molar-refractivity contribution >= 4 is 6.08 Å². The van der Waals surface area contributed by atoms with E-state index in [2.05, 4.69) is 6.58 Å². The molecule has 0 amide bonds. The predicted molar refractivity (Wildman–Crippen MR) is 67.9 cm³/mol. The lowest BCUT2D eigenvalue weighted by molar-refractivity contribution is 0.326. The zero-order valence-corrected chi connectivity index (χ0v) is 10.0. The Bertz CT molecular complexity index is 532. The van der Waals surface area contributed by atoms with Crippen molar-refractivity contribution in [2.75, 3.05) is 13.7 Å². The number of ether oxygens (including phenoxy) is 2. The molecular formula is C14H12N2O2. The Morgan fingerprint density at radius 2 is 2.11 bits per heavy atom. The molecule has 1 aromatic rings. The summed E-state index contributed by atoms with van der Waals surface area (Å²) in [5, 5.41) is 17.5. The topological polar surface area (TPSA) is 66.0 Å². The van der Waals surface area contributed by atoms with Crippen molar-refractivity contribution in [2.45, 2.75) is 0 Å². The van der Waals surface area contributed by atoms with Crippen LogP contribution in [0.3, 0.4) is 0 Å². The van der Waals surface area contributed by atoms with E-state index in [1.54, 1.807) is 36.4 Å². The molecule has 1 aromatic carbocycles. The van der Waals surface area contributed by atoms with Crippen LogP contribution in [0.15, 0.2) is 36.4 Å². The van der Waals surface area contributed by atoms with Crippen LogP contribution in [-0.4, -0.2) is 13.7 Å². The van der Waals surface area contributed by atoms with Crippen LogP contribution in [0.5, 0.6) is 11.5 Å². The van der Waals surface area contributed by atoms with Gasteiger partial charge in [-0.25, -0.2) is 0 Å². The highest BCUT2D eigenvalue weighted by atomic mass is 16.5. The number of hydrogen-bond acceptors (Lipinski definition) is 4. The number of hydrogen-bond donors (Lipinski definition) is 0. The van der Waals surface area contributed by atoms with E-state index in [9.17, 15) is 0 Å². The van der Waals surface area contributed by atoms with Crippen molar-refractivity contribution in [1.82, 2.24) is 0 Å². The highest BCUT2D eigenvalue weighted by molar-refractivity contribution is 5.69. The van der Waals surface area contributed by atoms with Crippen molar-refractivity contribution in [1.29, 1.82) is 10.5 Å². The third-order valence-corrected chi connectivity index (χ3v) is 2.12. The second-order valence-electron chi connectivity index (χ2n) is 3.26. The van der Waals surface area contributed by atoms with Crippen molar-refractivity contribution < 1.29 is 9.47 Å². The second kappa shape index (κ2) is 6.78. The first-order valence-electron chi connectivity index (χ1n) is 5.19. The summed E-state index contributed by atoms with van der Waals surface area (Å²) in [6.07, 6.45) is 3.07. The summed E-state index contributed by atoms with van der Waals surface area (Å²) < 4.78 is 10.7. The van der Waals surface area contributed by atoms with Gasteiger partial charge in [-0.15, -0.1) is 0 Å². The first-order chi connectivity index (χ1) is 8.76. The van der Waals surface area contributed by atoms with Gasteiger partial charge < -0.3 is 9.47 Å². The maximum Gasteiger partial charge on any atom is 0.168 e. The minimum absolute atomic E-state index is 0.00621. The number of nitriles is 2. The molecule has 0 heterocycles. The Hall–Kier alpha value is -2.72. The van der Waals surface area contributed by atoms with Gasteiger partial charge in [0.1, 0.15) is 24.3 Å². The van der Waals surface area contributed by atoms with Gasteiger partial charge in [-0.1, -0.05) is 24.8 Å². The number of allylic oxidation sites excluding steroid dienone is 1. The second-order valence-corrected chi connectivity index (χ2v) is 3.26. The number of benzene rings is 1. The average molecular weight is 240 g/mol. The lowest BCUT2D eigenvalue weighted by Crippen LogP contribution is -1.98. The summed E-state index contributed by atoms with van der Waals surface area (Å²) in [5.41, 5.74) is 0.626. The molecule has 4 nitrogen and oxygen atoms in total. The van der Waals surface area contributed by atoms with Crippen LogP contribution >= 0.6 is 0 Å². The molecule has 90 valence electrons. The monoisotopic (exact) mass is 240 g/mol. The average Bonchev–Trinajstić information content (AvgIpc) is 2.42. The summed E-state index contributed by atoms with van der Waals surface area (Å²) in [6, 6.07) is 8.86. The van der Waals surface area contributed by atoms with E-state index in [1.165, 1.54) is 13.2 Å². The normalized spacial score (nSPS) is 8.61. The predicted octanol–water partition coefficient (Wildman–Crippen LogP) is 2.69. The Balaban J connectivity index is 3.27. The quantitative estimate of drug-likeness (QED) is 0.586. The molecule has 0 aliphatic carbocycles. The molecule has 0 saturated carbocycles. The van der Waals surface area contributed by atoms with Crippen molar-refractivity contribution in [3.63, 3.8) is 0 Å². The Labute approximate surface area is 106 Å². The first-order valence-corrected chi connectivity index (χ1v) is 5.19. The van der Waals surface area contributed by atoms with E-state index in [-0.39, 0.29) is 5.57 Å². The molecule has 0 aromatic heterocycles. The van der Waals surface area contributed by atoms with Gasteiger partial charge in [-0.2, -0.15) is 10.5 Å². The zero-order valence-electron chi connectivity index (χ0n) is 10.0. The number of methoxy groups -OCH3 is 1. The first kappa shape index (κ1) is 13.3. The van der Waals surface area contributed by atoms with E-state index in [0.29, 0.717) is 23.7 Å². The fraction of sp³-hybridized carbons (Fsp3) is 0.143. The van der Waals surface area contributed by atoms with E-state index < -0.39 is 0 Å². The van der Waals surface area contributed by atoms with Crippen LogP contribution in [0, 0.1) is 22.7 Å². The van der Waals surface area contributed by atoms with Gasteiger partial charge in [-0.3, -0.25) is 0 Å². The standard InChI is InChI=1S/C14H12N2O2/c1-3-7-18-14-12(8-11(9-15)10-16)5-4-6-13(14)17-2/h3-6,8H,1,7H2,2H3. The molecule has 4 heteroatoms. The van der Waals surface area contributed by atoms with E-state index in [1.807, 2.05) is 0 Å². The van der Waals surface area contributed by atoms with Crippen LogP contribution in [0.4, 0.5) is 0 Å². The molecule has 1 rings (SSSR count). The molecule has 0 spiro atoms. The van der Waals surface area contributed by atoms with Gasteiger partial charge >= 0.3 is 0 Å². The Kier molecular flexibility index (Phi) is 5.02. The molecule has 0 unspecified atom stereocenters. The summed E-state index contributed by atoms with van der Waals surface area (Å²) in [5.74, 6) is 1.03. The fourth-order valence-corrected chi connectivity index (χ4v) is 1.35. The van der Waals surface area contributed by atoms with Crippen molar-refractivity contribution in [3.05, 3.63) is 42.0 Å². The molecule has 0 bridgehead atoms. The van der Waals surface area contributed by atoms with Gasteiger partial charge in [0.25, 0.3) is 0 Å².